The summed E-state index contributed by atoms with van der Waals surface area (Å²) in [6.07, 6.45) is 4.99. The first-order chi connectivity index (χ1) is 16.5. The highest BCUT2D eigenvalue weighted by Crippen LogP contribution is 2.22. The van der Waals surface area contributed by atoms with Gasteiger partial charge in [0.1, 0.15) is 6.04 Å². The smallest absolute Gasteiger partial charge is 0.252 e. The first kappa shape index (κ1) is 23.6. The molecule has 5 nitrogen and oxygen atoms in total. The van der Waals surface area contributed by atoms with Crippen molar-refractivity contribution in [3.05, 3.63) is 101 Å². The number of nitrogens with one attached hydrogen (secondary N) is 3. The van der Waals surface area contributed by atoms with Crippen molar-refractivity contribution >= 4 is 40.0 Å². The number of aryl methyl sites for hydroxylation is 2. The number of halogens is 1. The Balaban J connectivity index is 1.47. The van der Waals surface area contributed by atoms with Crippen molar-refractivity contribution in [2.75, 3.05) is 5.32 Å². The first-order valence-electron chi connectivity index (χ1n) is 11.5. The van der Waals surface area contributed by atoms with Gasteiger partial charge in [-0.15, -0.1) is 0 Å². The third-order valence-corrected chi connectivity index (χ3v) is 6.21. The molecule has 0 fully saturated rings. The second-order valence-corrected chi connectivity index (χ2v) is 8.89. The van der Waals surface area contributed by atoms with Crippen LogP contribution in [-0.4, -0.2) is 22.8 Å². The average molecular weight is 474 g/mol. The van der Waals surface area contributed by atoms with E-state index in [0.717, 1.165) is 35.7 Å². The molecule has 4 rings (SSSR count). The van der Waals surface area contributed by atoms with Gasteiger partial charge in [-0.2, -0.15) is 0 Å². The van der Waals surface area contributed by atoms with Crippen LogP contribution in [0.1, 0.15) is 40.7 Å². The summed E-state index contributed by atoms with van der Waals surface area (Å²) in [5, 5.41) is 7.30. The lowest BCUT2D eigenvalue weighted by atomic mass is 10.0. The van der Waals surface area contributed by atoms with E-state index >= 15 is 0 Å². The van der Waals surface area contributed by atoms with E-state index in [2.05, 4.69) is 27.8 Å². The molecular formula is C28H28ClN3O2. The predicted molar refractivity (Wildman–Crippen MR) is 138 cm³/mol. The molecule has 0 bridgehead atoms. The number of hydrogen-bond acceptors (Lipinski definition) is 2. The van der Waals surface area contributed by atoms with Gasteiger partial charge in [0, 0.05) is 33.4 Å². The Morgan fingerprint density at radius 2 is 1.79 bits per heavy atom. The topological polar surface area (TPSA) is 74.0 Å². The number of carbonyl (C=O) groups excluding carboxylic acids is 2. The summed E-state index contributed by atoms with van der Waals surface area (Å²) >= 11 is 6.13. The normalized spacial score (nSPS) is 11.8. The quantitative estimate of drug-likeness (QED) is 0.250. The maximum atomic E-state index is 13.2. The number of carbonyl (C=O) groups is 2. The molecule has 0 aliphatic heterocycles. The van der Waals surface area contributed by atoms with Crippen LogP contribution in [0.5, 0.6) is 0 Å². The summed E-state index contributed by atoms with van der Waals surface area (Å²) in [6.45, 7) is 1.91. The van der Waals surface area contributed by atoms with E-state index in [4.69, 9.17) is 11.6 Å². The van der Waals surface area contributed by atoms with Crippen LogP contribution in [0.3, 0.4) is 0 Å². The zero-order valence-electron chi connectivity index (χ0n) is 19.1. The summed E-state index contributed by atoms with van der Waals surface area (Å²) in [5.41, 5.74) is 4.24. The molecule has 1 atom stereocenters. The average Bonchev–Trinajstić information content (AvgIpc) is 3.33. The zero-order chi connectivity index (χ0) is 23.9. The molecule has 1 unspecified atom stereocenters. The number of H-pyrrole nitrogens is 1. The summed E-state index contributed by atoms with van der Waals surface area (Å²) in [6, 6.07) is 22.4. The number of hydrogen-bond donors (Lipinski definition) is 3. The van der Waals surface area contributed by atoms with Crippen LogP contribution >= 0.6 is 11.6 Å². The van der Waals surface area contributed by atoms with Crippen molar-refractivity contribution in [1.82, 2.24) is 10.3 Å². The Labute approximate surface area is 204 Å². The van der Waals surface area contributed by atoms with Gasteiger partial charge < -0.3 is 15.6 Å². The van der Waals surface area contributed by atoms with Gasteiger partial charge >= 0.3 is 0 Å². The summed E-state index contributed by atoms with van der Waals surface area (Å²) in [7, 11) is 0. The molecule has 3 N–H and O–H groups in total. The zero-order valence-corrected chi connectivity index (χ0v) is 19.9. The van der Waals surface area contributed by atoms with Crippen LogP contribution in [0.4, 0.5) is 5.69 Å². The lowest BCUT2D eigenvalue weighted by molar-refractivity contribution is -0.118. The van der Waals surface area contributed by atoms with Crippen LogP contribution < -0.4 is 10.6 Å². The molecule has 0 aliphatic carbocycles. The number of rotatable bonds is 9. The number of aromatic amines is 1. The Kier molecular flexibility index (Phi) is 7.65. The standard InChI is InChI=1S/C28H28ClN3O2/c1-19-14-15-21(29)18-26(19)32-28(34)25(12-6-5-10-20-8-3-2-4-9-20)31-27(33)23-11-7-13-24-22(23)16-17-30-24/h2-4,7-9,11,13-18,25,30H,5-6,10,12H2,1H3,(H,31,33)(H,32,34). The third-order valence-electron chi connectivity index (χ3n) is 5.97. The van der Waals surface area contributed by atoms with Crippen molar-refractivity contribution < 1.29 is 9.59 Å². The van der Waals surface area contributed by atoms with Gasteiger partial charge in [0.15, 0.2) is 0 Å². The predicted octanol–water partition coefficient (Wildman–Crippen LogP) is 6.28. The Bertz CT molecular complexity index is 1280. The van der Waals surface area contributed by atoms with Crippen LogP contribution in [0.2, 0.25) is 5.02 Å². The molecule has 174 valence electrons. The number of benzene rings is 3. The molecule has 1 aromatic heterocycles. The second-order valence-electron chi connectivity index (χ2n) is 8.45. The van der Waals surface area contributed by atoms with Crippen LogP contribution in [0.25, 0.3) is 10.9 Å². The monoisotopic (exact) mass is 473 g/mol. The maximum Gasteiger partial charge on any atom is 0.252 e. The lowest BCUT2D eigenvalue weighted by Gasteiger charge is -2.20. The van der Waals surface area contributed by atoms with Crippen molar-refractivity contribution in [2.45, 2.75) is 38.6 Å². The van der Waals surface area contributed by atoms with E-state index in [1.54, 1.807) is 24.4 Å². The van der Waals surface area contributed by atoms with Crippen LogP contribution in [-0.2, 0) is 11.2 Å². The minimum absolute atomic E-state index is 0.250. The highest BCUT2D eigenvalue weighted by atomic mass is 35.5. The molecule has 0 radical (unpaired) electrons. The van der Waals surface area contributed by atoms with E-state index in [9.17, 15) is 9.59 Å². The lowest BCUT2D eigenvalue weighted by Crippen LogP contribution is -2.44. The van der Waals surface area contributed by atoms with E-state index in [1.807, 2.05) is 49.4 Å². The summed E-state index contributed by atoms with van der Waals surface area (Å²) in [5.74, 6) is -0.518. The van der Waals surface area contributed by atoms with Crippen molar-refractivity contribution in [3.63, 3.8) is 0 Å². The van der Waals surface area contributed by atoms with Gasteiger partial charge in [-0.3, -0.25) is 9.59 Å². The maximum absolute atomic E-state index is 13.2. The first-order valence-corrected chi connectivity index (χ1v) is 11.9. The van der Waals surface area contributed by atoms with Gasteiger partial charge in [0.2, 0.25) is 5.91 Å². The molecular weight excluding hydrogens is 446 g/mol. The van der Waals surface area contributed by atoms with E-state index < -0.39 is 6.04 Å². The fourth-order valence-corrected chi connectivity index (χ4v) is 4.23. The minimum atomic E-state index is -0.671. The Morgan fingerprint density at radius 3 is 2.62 bits per heavy atom. The molecule has 3 aromatic carbocycles. The number of unbranched alkanes of at least 4 members (excludes halogenated alkanes) is 1. The van der Waals surface area contributed by atoms with Gasteiger partial charge in [-0.1, -0.05) is 60.5 Å². The number of fused-ring (bicyclic) bond motifs is 1. The molecule has 0 saturated heterocycles. The fraction of sp³-hybridized carbons (Fsp3) is 0.214. The minimum Gasteiger partial charge on any atom is -0.361 e. The number of amides is 2. The molecule has 0 saturated carbocycles. The van der Waals surface area contributed by atoms with E-state index in [-0.39, 0.29) is 11.8 Å². The summed E-state index contributed by atoms with van der Waals surface area (Å²) in [4.78, 5) is 29.5. The Morgan fingerprint density at radius 1 is 0.971 bits per heavy atom. The van der Waals surface area contributed by atoms with Gasteiger partial charge in [-0.25, -0.2) is 0 Å². The van der Waals surface area contributed by atoms with Crippen molar-refractivity contribution in [3.8, 4) is 0 Å². The largest absolute Gasteiger partial charge is 0.361 e. The van der Waals surface area contributed by atoms with E-state index in [1.165, 1.54) is 5.56 Å². The van der Waals surface area contributed by atoms with Gasteiger partial charge in [0.25, 0.3) is 5.91 Å². The SMILES string of the molecule is Cc1ccc(Cl)cc1NC(=O)C(CCCCc1ccccc1)NC(=O)c1cccc2[nH]ccc12. The van der Waals surface area contributed by atoms with Gasteiger partial charge in [-0.05, 0) is 67.6 Å². The third kappa shape index (κ3) is 5.86. The molecule has 34 heavy (non-hydrogen) atoms. The highest BCUT2D eigenvalue weighted by Gasteiger charge is 2.23. The van der Waals surface area contributed by atoms with E-state index in [0.29, 0.717) is 22.7 Å². The molecule has 0 aliphatic rings. The molecule has 4 aromatic rings. The molecule has 2 amide bonds. The van der Waals surface area contributed by atoms with Crippen LogP contribution in [0, 0.1) is 6.92 Å². The Hall–Kier alpha value is -3.57. The summed E-state index contributed by atoms with van der Waals surface area (Å²) < 4.78 is 0. The fourth-order valence-electron chi connectivity index (χ4n) is 4.06. The second kappa shape index (κ2) is 11.0. The number of aromatic nitrogens is 1. The molecule has 0 spiro atoms. The molecule has 1 heterocycles. The van der Waals surface area contributed by atoms with Crippen molar-refractivity contribution in [2.24, 2.45) is 0 Å². The van der Waals surface area contributed by atoms with Crippen molar-refractivity contribution in [1.29, 1.82) is 0 Å². The molecule has 6 heteroatoms. The van der Waals surface area contributed by atoms with Gasteiger partial charge in [0.05, 0.1) is 0 Å². The number of anilines is 1. The highest BCUT2D eigenvalue weighted by molar-refractivity contribution is 6.31. The van der Waals surface area contributed by atoms with Crippen LogP contribution in [0.15, 0.2) is 79.0 Å².